The van der Waals surface area contributed by atoms with Crippen LogP contribution in [0.5, 0.6) is 0 Å². The van der Waals surface area contributed by atoms with E-state index < -0.39 is 6.10 Å². The lowest BCUT2D eigenvalue weighted by Crippen LogP contribution is -2.38. The van der Waals surface area contributed by atoms with Gasteiger partial charge in [-0.05, 0) is 25.3 Å². The van der Waals surface area contributed by atoms with Crippen molar-refractivity contribution < 1.29 is 9.84 Å². The normalized spacial score (nSPS) is 13.0. The lowest BCUT2D eigenvalue weighted by atomic mass is 10.1. The van der Waals surface area contributed by atoms with Gasteiger partial charge in [0.05, 0.1) is 6.10 Å². The molecule has 0 radical (unpaired) electrons. The molecule has 1 rings (SSSR count). The zero-order chi connectivity index (χ0) is 15.3. The first-order valence-electron chi connectivity index (χ1n) is 7.52. The molecule has 0 bridgehead atoms. The van der Waals surface area contributed by atoms with Crippen LogP contribution in [0, 0.1) is 0 Å². The van der Waals surface area contributed by atoms with Crippen molar-refractivity contribution in [1.82, 2.24) is 10.6 Å². The standard InChI is InChI=1S/C16H27N3O2/c1-3-17-16(18-11-7-13-21-2)19-12-10-15(20)14-8-5-4-6-9-14/h4-6,8-9,15,20H,3,7,10-13H2,1-2H3,(H2,17,18,19). The van der Waals surface area contributed by atoms with E-state index >= 15 is 0 Å². The molecule has 0 amide bonds. The highest BCUT2D eigenvalue weighted by Gasteiger charge is 2.06. The van der Waals surface area contributed by atoms with Crippen LogP contribution in [0.1, 0.15) is 31.4 Å². The van der Waals surface area contributed by atoms with E-state index in [1.807, 2.05) is 37.3 Å². The minimum absolute atomic E-state index is 0.449. The summed E-state index contributed by atoms with van der Waals surface area (Å²) < 4.78 is 5.00. The van der Waals surface area contributed by atoms with Gasteiger partial charge in [0.25, 0.3) is 0 Å². The van der Waals surface area contributed by atoms with Crippen LogP contribution in [0.3, 0.4) is 0 Å². The summed E-state index contributed by atoms with van der Waals surface area (Å²) in [4.78, 5) is 4.45. The Kier molecular flexibility index (Phi) is 9.24. The van der Waals surface area contributed by atoms with Gasteiger partial charge in [-0.2, -0.15) is 0 Å². The molecule has 1 unspecified atom stereocenters. The Bertz CT molecular complexity index is 396. The molecule has 0 saturated heterocycles. The maximum absolute atomic E-state index is 10.1. The highest BCUT2D eigenvalue weighted by Crippen LogP contribution is 2.14. The molecule has 0 saturated carbocycles. The van der Waals surface area contributed by atoms with Crippen molar-refractivity contribution in [3.8, 4) is 0 Å². The highest BCUT2D eigenvalue weighted by molar-refractivity contribution is 5.79. The van der Waals surface area contributed by atoms with E-state index in [0.29, 0.717) is 13.0 Å². The zero-order valence-electron chi connectivity index (χ0n) is 13.0. The Morgan fingerprint density at radius 1 is 1.29 bits per heavy atom. The van der Waals surface area contributed by atoms with E-state index in [4.69, 9.17) is 4.74 Å². The second-order valence-electron chi connectivity index (χ2n) is 4.75. The zero-order valence-corrected chi connectivity index (χ0v) is 13.0. The van der Waals surface area contributed by atoms with Gasteiger partial charge >= 0.3 is 0 Å². The predicted octanol–water partition coefficient (Wildman–Crippen LogP) is 1.70. The van der Waals surface area contributed by atoms with Crippen LogP contribution < -0.4 is 10.6 Å². The summed E-state index contributed by atoms with van der Waals surface area (Å²) >= 11 is 0. The van der Waals surface area contributed by atoms with Gasteiger partial charge in [0.15, 0.2) is 5.96 Å². The number of methoxy groups -OCH3 is 1. The second kappa shape index (κ2) is 11.1. The number of guanidine groups is 1. The van der Waals surface area contributed by atoms with E-state index in [0.717, 1.165) is 37.6 Å². The summed E-state index contributed by atoms with van der Waals surface area (Å²) in [7, 11) is 1.69. The minimum atomic E-state index is -0.449. The second-order valence-corrected chi connectivity index (χ2v) is 4.75. The molecule has 0 aliphatic carbocycles. The lowest BCUT2D eigenvalue weighted by molar-refractivity contribution is 0.168. The van der Waals surface area contributed by atoms with Gasteiger partial charge < -0.3 is 20.5 Å². The fourth-order valence-corrected chi connectivity index (χ4v) is 1.91. The molecule has 0 aliphatic rings. The molecule has 1 atom stereocenters. The number of benzene rings is 1. The quantitative estimate of drug-likeness (QED) is 0.368. The fraction of sp³-hybridized carbons (Fsp3) is 0.562. The van der Waals surface area contributed by atoms with Gasteiger partial charge in [0.1, 0.15) is 0 Å². The van der Waals surface area contributed by atoms with Crippen molar-refractivity contribution in [2.75, 3.05) is 33.4 Å². The van der Waals surface area contributed by atoms with E-state index in [1.165, 1.54) is 0 Å². The van der Waals surface area contributed by atoms with Crippen molar-refractivity contribution >= 4 is 5.96 Å². The molecule has 0 aliphatic heterocycles. The Morgan fingerprint density at radius 3 is 2.71 bits per heavy atom. The summed E-state index contributed by atoms with van der Waals surface area (Å²) in [5, 5.41) is 16.5. The first kappa shape index (κ1) is 17.5. The molecular formula is C16H27N3O2. The molecular weight excluding hydrogens is 266 g/mol. The summed E-state index contributed by atoms with van der Waals surface area (Å²) in [6.07, 6.45) is 1.10. The first-order valence-corrected chi connectivity index (χ1v) is 7.52. The van der Waals surface area contributed by atoms with Crippen LogP contribution in [0.4, 0.5) is 0 Å². The van der Waals surface area contributed by atoms with Gasteiger partial charge in [-0.25, -0.2) is 0 Å². The fourth-order valence-electron chi connectivity index (χ4n) is 1.91. The Hall–Kier alpha value is -1.59. The SMILES string of the molecule is CCNC(=NCCCOC)NCCC(O)c1ccccc1. The third-order valence-electron chi connectivity index (χ3n) is 3.02. The Morgan fingerprint density at radius 2 is 2.05 bits per heavy atom. The van der Waals surface area contributed by atoms with Gasteiger partial charge in [0, 0.05) is 33.4 Å². The first-order chi connectivity index (χ1) is 10.3. The molecule has 5 heteroatoms. The van der Waals surface area contributed by atoms with Crippen molar-refractivity contribution in [2.24, 2.45) is 4.99 Å². The number of hydrogen-bond donors (Lipinski definition) is 3. The number of nitrogens with one attached hydrogen (secondary N) is 2. The van der Waals surface area contributed by atoms with Crippen molar-refractivity contribution in [1.29, 1.82) is 0 Å². The topological polar surface area (TPSA) is 65.9 Å². The number of hydrogen-bond acceptors (Lipinski definition) is 3. The largest absolute Gasteiger partial charge is 0.388 e. The van der Waals surface area contributed by atoms with Crippen LogP contribution in [-0.2, 0) is 4.74 Å². The van der Waals surface area contributed by atoms with Gasteiger partial charge in [-0.1, -0.05) is 30.3 Å². The van der Waals surface area contributed by atoms with Crippen LogP contribution in [-0.4, -0.2) is 44.4 Å². The molecule has 1 aromatic carbocycles. The maximum atomic E-state index is 10.1. The van der Waals surface area contributed by atoms with E-state index in [-0.39, 0.29) is 0 Å². The average Bonchev–Trinajstić information content (AvgIpc) is 2.52. The number of rotatable bonds is 9. The van der Waals surface area contributed by atoms with Crippen LogP contribution in [0.15, 0.2) is 35.3 Å². The average molecular weight is 293 g/mol. The molecule has 0 heterocycles. The molecule has 5 nitrogen and oxygen atoms in total. The smallest absolute Gasteiger partial charge is 0.191 e. The van der Waals surface area contributed by atoms with Gasteiger partial charge in [-0.3, -0.25) is 4.99 Å². The number of aliphatic hydroxyl groups excluding tert-OH is 1. The summed E-state index contributed by atoms with van der Waals surface area (Å²) in [5.41, 5.74) is 0.946. The number of aliphatic imine (C=N–C) groups is 1. The third-order valence-corrected chi connectivity index (χ3v) is 3.02. The van der Waals surface area contributed by atoms with Crippen LogP contribution in [0.2, 0.25) is 0 Å². The number of ether oxygens (including phenoxy) is 1. The number of aliphatic hydroxyl groups is 1. The summed E-state index contributed by atoms with van der Waals surface area (Å²) in [6.45, 7) is 4.97. The predicted molar refractivity (Wildman–Crippen MR) is 86.5 cm³/mol. The monoisotopic (exact) mass is 293 g/mol. The van der Waals surface area contributed by atoms with E-state index in [9.17, 15) is 5.11 Å². The highest BCUT2D eigenvalue weighted by atomic mass is 16.5. The summed E-state index contributed by atoms with van der Waals surface area (Å²) in [5.74, 6) is 0.786. The third kappa shape index (κ3) is 7.68. The molecule has 0 fully saturated rings. The molecule has 3 N–H and O–H groups in total. The molecule has 118 valence electrons. The molecule has 0 spiro atoms. The molecule has 1 aromatic rings. The maximum Gasteiger partial charge on any atom is 0.191 e. The van der Waals surface area contributed by atoms with Gasteiger partial charge in [-0.15, -0.1) is 0 Å². The molecule has 21 heavy (non-hydrogen) atoms. The Balaban J connectivity index is 2.32. The van der Waals surface area contributed by atoms with Crippen molar-refractivity contribution in [2.45, 2.75) is 25.9 Å². The van der Waals surface area contributed by atoms with Crippen molar-refractivity contribution in [3.05, 3.63) is 35.9 Å². The van der Waals surface area contributed by atoms with Crippen molar-refractivity contribution in [3.63, 3.8) is 0 Å². The van der Waals surface area contributed by atoms with Gasteiger partial charge in [0.2, 0.25) is 0 Å². The van der Waals surface area contributed by atoms with Crippen LogP contribution in [0.25, 0.3) is 0 Å². The lowest BCUT2D eigenvalue weighted by Gasteiger charge is -2.14. The van der Waals surface area contributed by atoms with E-state index in [2.05, 4.69) is 15.6 Å². The van der Waals surface area contributed by atoms with E-state index in [1.54, 1.807) is 7.11 Å². The summed E-state index contributed by atoms with van der Waals surface area (Å²) in [6, 6.07) is 9.70. The molecule has 0 aromatic heterocycles. The Labute approximate surface area is 127 Å². The number of nitrogens with zero attached hydrogens (tertiary/aromatic N) is 1. The minimum Gasteiger partial charge on any atom is -0.388 e. The van der Waals surface area contributed by atoms with Crippen LogP contribution >= 0.6 is 0 Å².